The SMILES string of the molecule is Cn1cc(C2(CO)C=CN=CC2N2CCn3c(cc4c3CC(C)(C)C4)C2=O)cc(Nc2ccc(N3CCN(C4COC4)CC3)cn2)c1=O. The molecule has 0 radical (unpaired) electrons. The molecule has 0 aromatic carbocycles. The van der Waals surface area contributed by atoms with E-state index >= 15 is 0 Å². The van der Waals surface area contributed by atoms with Crippen LogP contribution in [0.4, 0.5) is 17.2 Å². The predicted molar refractivity (Wildman–Crippen MR) is 184 cm³/mol. The highest BCUT2D eigenvalue weighted by molar-refractivity contribution is 5.96. The summed E-state index contributed by atoms with van der Waals surface area (Å²) in [5, 5.41) is 14.3. The number of nitrogens with zero attached hydrogens (tertiary/aromatic N) is 7. The molecule has 3 aromatic heterocycles. The Hall–Kier alpha value is -4.26. The Kier molecular flexibility index (Phi) is 7.57. The molecule has 2 N–H and O–H groups in total. The highest BCUT2D eigenvalue weighted by Gasteiger charge is 2.46. The zero-order chi connectivity index (χ0) is 33.2. The minimum absolute atomic E-state index is 0.0658. The van der Waals surface area contributed by atoms with Gasteiger partial charge in [0.05, 0.1) is 49.2 Å². The summed E-state index contributed by atoms with van der Waals surface area (Å²) in [5.41, 5.74) is 4.29. The number of aryl methyl sites for hydroxylation is 1. The normalized spacial score (nSPS) is 25.2. The Bertz CT molecular complexity index is 1850. The number of pyridine rings is 2. The average Bonchev–Trinajstić information content (AvgIpc) is 3.55. The lowest BCUT2D eigenvalue weighted by molar-refractivity contribution is -0.0660. The summed E-state index contributed by atoms with van der Waals surface area (Å²) in [5.74, 6) is 0.487. The molecule has 2 fully saturated rings. The first-order chi connectivity index (χ1) is 23.2. The zero-order valence-electron chi connectivity index (χ0n) is 27.9. The Labute approximate surface area is 280 Å². The third-order valence-electron chi connectivity index (χ3n) is 11.0. The van der Waals surface area contributed by atoms with Crippen molar-refractivity contribution in [1.82, 2.24) is 23.9 Å². The van der Waals surface area contributed by atoms with E-state index in [1.807, 2.05) is 29.3 Å². The van der Waals surface area contributed by atoms with Crippen molar-refractivity contribution in [2.24, 2.45) is 17.5 Å². The van der Waals surface area contributed by atoms with Crippen molar-refractivity contribution in [3.63, 3.8) is 0 Å². The third-order valence-corrected chi connectivity index (χ3v) is 11.0. The van der Waals surface area contributed by atoms with Crippen molar-refractivity contribution in [1.29, 1.82) is 0 Å². The van der Waals surface area contributed by atoms with Crippen molar-refractivity contribution in [3.05, 3.63) is 81.8 Å². The molecule has 12 heteroatoms. The van der Waals surface area contributed by atoms with Crippen LogP contribution in [0.1, 0.15) is 41.2 Å². The summed E-state index contributed by atoms with van der Waals surface area (Å²) >= 11 is 0. The summed E-state index contributed by atoms with van der Waals surface area (Å²) in [6, 6.07) is 7.77. The lowest BCUT2D eigenvalue weighted by Crippen LogP contribution is -2.58. The fraction of sp³-hybridized carbons (Fsp3) is 0.500. The molecule has 1 amide bonds. The molecular formula is C36H44N8O4. The number of carbonyl (C=O) groups is 1. The van der Waals surface area contributed by atoms with Crippen LogP contribution in [0.25, 0.3) is 0 Å². The molecule has 2 atom stereocenters. The highest BCUT2D eigenvalue weighted by Crippen LogP contribution is 2.41. The first kappa shape index (κ1) is 31.0. The number of hydrogen-bond acceptors (Lipinski definition) is 9. The topological polar surface area (TPSA) is 120 Å². The van der Waals surface area contributed by atoms with Crippen LogP contribution in [-0.2, 0) is 36.6 Å². The van der Waals surface area contributed by atoms with Crippen LogP contribution >= 0.6 is 0 Å². The lowest BCUT2D eigenvalue weighted by Gasteiger charge is -2.45. The quantitative estimate of drug-likeness (QED) is 0.399. The molecule has 3 aromatic rings. The monoisotopic (exact) mass is 652 g/mol. The van der Waals surface area contributed by atoms with Gasteiger partial charge in [-0.15, -0.1) is 0 Å². The van der Waals surface area contributed by atoms with E-state index in [0.717, 1.165) is 57.9 Å². The minimum atomic E-state index is -1.01. The van der Waals surface area contributed by atoms with Crippen LogP contribution < -0.4 is 15.8 Å². The van der Waals surface area contributed by atoms with Gasteiger partial charge in [0.1, 0.15) is 17.2 Å². The second-order valence-corrected chi connectivity index (χ2v) is 14.7. The molecule has 5 aliphatic rings. The number of rotatable bonds is 7. The molecule has 12 nitrogen and oxygen atoms in total. The van der Waals surface area contributed by atoms with E-state index < -0.39 is 11.5 Å². The molecule has 1 aliphatic carbocycles. The number of ether oxygens (including phenoxy) is 1. The number of amides is 1. The van der Waals surface area contributed by atoms with Crippen molar-refractivity contribution < 1.29 is 14.6 Å². The van der Waals surface area contributed by atoms with Crippen LogP contribution in [-0.4, -0.2) is 106 Å². The molecule has 0 bridgehead atoms. The molecule has 7 heterocycles. The number of anilines is 3. The molecular weight excluding hydrogens is 608 g/mol. The van der Waals surface area contributed by atoms with E-state index in [1.54, 1.807) is 31.7 Å². The number of nitrogens with one attached hydrogen (secondary N) is 1. The number of hydrogen-bond donors (Lipinski definition) is 2. The summed E-state index contributed by atoms with van der Waals surface area (Å²) in [4.78, 5) is 43.2. The fourth-order valence-corrected chi connectivity index (χ4v) is 8.21. The highest BCUT2D eigenvalue weighted by atomic mass is 16.5. The van der Waals surface area contributed by atoms with Crippen molar-refractivity contribution in [2.45, 2.75) is 50.7 Å². The smallest absolute Gasteiger partial charge is 0.274 e. The predicted octanol–water partition coefficient (Wildman–Crippen LogP) is 2.32. The van der Waals surface area contributed by atoms with Crippen LogP contribution in [0.2, 0.25) is 0 Å². The van der Waals surface area contributed by atoms with Gasteiger partial charge in [-0.05, 0) is 53.6 Å². The standard InChI is InChI=1S/C36H44N8O4/c1-35(2)16-24-14-29-34(47)44(13-12-43(29)30(24)17-35)31-19-37-7-6-36(31,23-45)25-15-28(33(46)40(3)20-25)39-32-5-4-26(18-38-32)41-8-10-42(11-9-41)27-21-48-22-27/h4-7,14-15,18-20,27,31,45H,8-13,16-17,21-23H2,1-3H3,(H,38,39). The maximum atomic E-state index is 14.1. The molecule has 48 heavy (non-hydrogen) atoms. The second-order valence-electron chi connectivity index (χ2n) is 14.7. The van der Waals surface area contributed by atoms with E-state index in [4.69, 9.17) is 4.74 Å². The van der Waals surface area contributed by atoms with Gasteiger partial charge in [-0.25, -0.2) is 4.98 Å². The molecule has 2 unspecified atom stereocenters. The molecule has 8 rings (SSSR count). The van der Waals surface area contributed by atoms with Crippen LogP contribution in [0, 0.1) is 5.41 Å². The van der Waals surface area contributed by atoms with Gasteiger partial charge in [0.25, 0.3) is 11.5 Å². The largest absolute Gasteiger partial charge is 0.395 e. The van der Waals surface area contributed by atoms with Gasteiger partial charge in [0.15, 0.2) is 0 Å². The lowest BCUT2D eigenvalue weighted by atomic mass is 9.73. The summed E-state index contributed by atoms with van der Waals surface area (Å²) < 4.78 is 9.07. The zero-order valence-corrected chi connectivity index (χ0v) is 27.9. The summed E-state index contributed by atoms with van der Waals surface area (Å²) in [7, 11) is 1.70. The van der Waals surface area contributed by atoms with Crippen LogP contribution in [0.5, 0.6) is 0 Å². The first-order valence-corrected chi connectivity index (χ1v) is 17.0. The van der Waals surface area contributed by atoms with E-state index in [1.165, 1.54) is 15.8 Å². The van der Waals surface area contributed by atoms with Gasteiger partial charge in [-0.2, -0.15) is 0 Å². The number of fused-ring (bicyclic) bond motifs is 3. The Morgan fingerprint density at radius 3 is 2.56 bits per heavy atom. The summed E-state index contributed by atoms with van der Waals surface area (Å²) in [6.45, 7) is 11.0. The van der Waals surface area contributed by atoms with E-state index in [0.29, 0.717) is 41.9 Å². The van der Waals surface area contributed by atoms with Gasteiger partial charge < -0.3 is 34.1 Å². The number of piperazine rings is 1. The number of aliphatic hydroxyl groups is 1. The minimum Gasteiger partial charge on any atom is -0.395 e. The summed E-state index contributed by atoms with van der Waals surface area (Å²) in [6.07, 6.45) is 10.8. The van der Waals surface area contributed by atoms with E-state index in [9.17, 15) is 14.7 Å². The van der Waals surface area contributed by atoms with Crippen molar-refractivity contribution in [3.8, 4) is 0 Å². The fourth-order valence-electron chi connectivity index (χ4n) is 8.21. The Morgan fingerprint density at radius 2 is 1.85 bits per heavy atom. The maximum Gasteiger partial charge on any atom is 0.274 e. The third kappa shape index (κ3) is 5.17. The van der Waals surface area contributed by atoms with Gasteiger partial charge in [0, 0.05) is 70.6 Å². The molecule has 0 saturated carbocycles. The molecule has 0 spiro atoms. The number of aliphatic imine (C=N–C) groups is 1. The second kappa shape index (κ2) is 11.7. The van der Waals surface area contributed by atoms with Crippen LogP contribution in [0.15, 0.2) is 58.7 Å². The molecule has 2 saturated heterocycles. The molecule has 4 aliphatic heterocycles. The van der Waals surface area contributed by atoms with Crippen molar-refractivity contribution in [2.75, 3.05) is 62.8 Å². The first-order valence-electron chi connectivity index (χ1n) is 17.0. The number of aromatic nitrogens is 3. The van der Waals surface area contributed by atoms with Gasteiger partial charge >= 0.3 is 0 Å². The van der Waals surface area contributed by atoms with Gasteiger partial charge in [-0.1, -0.05) is 19.9 Å². The van der Waals surface area contributed by atoms with E-state index in [-0.39, 0.29) is 23.5 Å². The van der Waals surface area contributed by atoms with Gasteiger partial charge in [0.2, 0.25) is 0 Å². The Balaban J connectivity index is 1.04. The number of carbonyl (C=O) groups excluding carboxylic acids is 1. The number of aliphatic hydroxyl groups excluding tert-OH is 1. The van der Waals surface area contributed by atoms with Crippen molar-refractivity contribution >= 4 is 29.3 Å². The Morgan fingerprint density at radius 1 is 1.04 bits per heavy atom. The van der Waals surface area contributed by atoms with Gasteiger partial charge in [-0.3, -0.25) is 19.5 Å². The average molecular weight is 653 g/mol. The molecule has 252 valence electrons. The van der Waals surface area contributed by atoms with Crippen LogP contribution in [0.3, 0.4) is 0 Å². The maximum absolute atomic E-state index is 14.1. The van der Waals surface area contributed by atoms with E-state index in [2.05, 4.69) is 49.6 Å².